The van der Waals surface area contributed by atoms with Crippen LogP contribution in [0, 0.1) is 28.6 Å². The van der Waals surface area contributed by atoms with Gasteiger partial charge in [0.2, 0.25) is 0 Å². The molecule has 4 aliphatic carbocycles. The molecule has 3 N–H and O–H groups in total. The number of aliphatic hydroxyl groups is 2. The van der Waals surface area contributed by atoms with Crippen LogP contribution in [-0.4, -0.2) is 28.8 Å². The van der Waals surface area contributed by atoms with Gasteiger partial charge in [0.25, 0.3) is 0 Å². The number of hydrogen-bond acceptors (Lipinski definition) is 6. The Balaban J connectivity index is 0.00000133. The van der Waals surface area contributed by atoms with E-state index in [1.165, 1.54) is 11.1 Å². The van der Waals surface area contributed by atoms with Gasteiger partial charge in [0.15, 0.2) is 5.78 Å². The predicted octanol–water partition coefficient (Wildman–Crippen LogP) is 5.78. The zero-order chi connectivity index (χ0) is 24.5. The molecule has 3 saturated carbocycles. The third-order valence-corrected chi connectivity index (χ3v) is 9.97. The summed E-state index contributed by atoms with van der Waals surface area (Å²) in [5, 5.41) is 19.9. The molecule has 7 unspecified atom stereocenters. The Morgan fingerprint density at radius 3 is 2.56 bits per heavy atom. The van der Waals surface area contributed by atoms with E-state index in [4.69, 9.17) is 9.29 Å². The number of nitrogens with one attached hydrogen (secondary N) is 1. The first-order chi connectivity index (χ1) is 16.4. The third-order valence-electron chi connectivity index (χ3n) is 9.44. The summed E-state index contributed by atoms with van der Waals surface area (Å²) in [5.41, 5.74) is 2.70. The third kappa shape index (κ3) is 4.36. The van der Waals surface area contributed by atoms with Gasteiger partial charge in [-0.3, -0.25) is 4.79 Å². The molecule has 0 bridgehead atoms. The van der Waals surface area contributed by atoms with Crippen LogP contribution >= 0.6 is 12.2 Å². The van der Waals surface area contributed by atoms with E-state index in [-0.39, 0.29) is 23.7 Å². The molecule has 7 atom stereocenters. The van der Waals surface area contributed by atoms with Gasteiger partial charge in [-0.1, -0.05) is 45.4 Å². The summed E-state index contributed by atoms with van der Waals surface area (Å²) in [7, 11) is 0. The second kappa shape index (κ2) is 10.3. The molecule has 0 radical (unpaired) electrons. The van der Waals surface area contributed by atoms with E-state index in [0.717, 1.165) is 56.5 Å². The fourth-order valence-corrected chi connectivity index (χ4v) is 8.24. The molecule has 34 heavy (non-hydrogen) atoms. The van der Waals surface area contributed by atoms with Crippen LogP contribution in [0.4, 0.5) is 0 Å². The second-order valence-electron chi connectivity index (χ2n) is 10.8. The van der Waals surface area contributed by atoms with E-state index in [0.29, 0.717) is 35.9 Å². The SMILES string of the molecule is CC.CC12CCC(=O)C=C1CCC1C2C(c2ccc(OSNCO)cc2)CC2(C)C(O)CCC12. The highest BCUT2D eigenvalue weighted by atomic mass is 32.2. The first-order valence-corrected chi connectivity index (χ1v) is 13.8. The smallest absolute Gasteiger partial charge is 0.155 e. The van der Waals surface area contributed by atoms with Gasteiger partial charge in [0.05, 0.1) is 6.10 Å². The van der Waals surface area contributed by atoms with Crippen molar-refractivity contribution in [1.29, 1.82) is 0 Å². The van der Waals surface area contributed by atoms with Crippen LogP contribution in [0.15, 0.2) is 35.9 Å². The molecular formula is C28H41NO4S. The number of fused-ring (bicyclic) bond motifs is 5. The van der Waals surface area contributed by atoms with Gasteiger partial charge in [0.1, 0.15) is 24.7 Å². The maximum atomic E-state index is 12.2. The van der Waals surface area contributed by atoms with Crippen LogP contribution in [0.3, 0.4) is 0 Å². The lowest BCUT2D eigenvalue weighted by atomic mass is 9.44. The van der Waals surface area contributed by atoms with Crippen LogP contribution in [0.5, 0.6) is 5.75 Å². The molecule has 188 valence electrons. The van der Waals surface area contributed by atoms with Crippen LogP contribution in [0.1, 0.15) is 84.1 Å². The van der Waals surface area contributed by atoms with Crippen molar-refractivity contribution in [3.63, 3.8) is 0 Å². The van der Waals surface area contributed by atoms with Crippen molar-refractivity contribution in [3.05, 3.63) is 41.5 Å². The monoisotopic (exact) mass is 487 g/mol. The minimum absolute atomic E-state index is 0.0377. The van der Waals surface area contributed by atoms with Gasteiger partial charge in [-0.05, 0) is 96.8 Å². The number of carbonyl (C=O) groups is 1. The van der Waals surface area contributed by atoms with Crippen molar-refractivity contribution < 1.29 is 19.2 Å². The molecule has 0 amide bonds. The summed E-state index contributed by atoms with van der Waals surface area (Å²) in [6.45, 7) is 8.59. The summed E-state index contributed by atoms with van der Waals surface area (Å²) in [4.78, 5) is 12.2. The number of rotatable bonds is 5. The van der Waals surface area contributed by atoms with Gasteiger partial charge >= 0.3 is 0 Å². The van der Waals surface area contributed by atoms with Crippen LogP contribution in [0.25, 0.3) is 0 Å². The molecular weight excluding hydrogens is 446 g/mol. The Morgan fingerprint density at radius 2 is 1.85 bits per heavy atom. The topological polar surface area (TPSA) is 78.8 Å². The van der Waals surface area contributed by atoms with E-state index in [1.807, 2.05) is 32.1 Å². The van der Waals surface area contributed by atoms with E-state index in [9.17, 15) is 9.90 Å². The summed E-state index contributed by atoms with van der Waals surface area (Å²) < 4.78 is 8.25. The van der Waals surface area contributed by atoms with Crippen molar-refractivity contribution in [2.45, 2.75) is 84.7 Å². The van der Waals surface area contributed by atoms with Crippen molar-refractivity contribution >= 4 is 18.0 Å². The lowest BCUT2D eigenvalue weighted by Gasteiger charge is -2.61. The van der Waals surface area contributed by atoms with Crippen LogP contribution in [-0.2, 0) is 4.79 Å². The molecule has 0 spiro atoms. The molecule has 1 aromatic rings. The number of benzene rings is 1. The zero-order valence-corrected chi connectivity index (χ0v) is 21.9. The van der Waals surface area contributed by atoms with Gasteiger partial charge in [-0.2, -0.15) is 0 Å². The lowest BCUT2D eigenvalue weighted by Crippen LogP contribution is -2.54. The highest BCUT2D eigenvalue weighted by Gasteiger charge is 2.62. The summed E-state index contributed by atoms with van der Waals surface area (Å²) in [6, 6.07) is 8.36. The maximum absolute atomic E-state index is 12.2. The number of hydrogen-bond donors (Lipinski definition) is 3. The Hall–Kier alpha value is -1.34. The molecule has 0 heterocycles. The minimum atomic E-state index is -0.225. The maximum Gasteiger partial charge on any atom is 0.155 e. The van der Waals surface area contributed by atoms with Gasteiger partial charge in [0, 0.05) is 6.42 Å². The molecule has 1 aromatic carbocycles. The average molecular weight is 488 g/mol. The number of allylic oxidation sites excluding steroid dienone is 1. The molecule has 5 nitrogen and oxygen atoms in total. The number of aliphatic hydroxyl groups excluding tert-OH is 2. The first-order valence-electron chi connectivity index (χ1n) is 13.1. The fraction of sp³-hybridized carbons (Fsp3) is 0.679. The second-order valence-corrected chi connectivity index (χ2v) is 11.5. The van der Waals surface area contributed by atoms with Crippen molar-refractivity contribution in [2.24, 2.45) is 28.6 Å². The average Bonchev–Trinajstić information content (AvgIpc) is 3.15. The summed E-state index contributed by atoms with van der Waals surface area (Å²) in [6.07, 6.45) is 8.55. The van der Waals surface area contributed by atoms with Gasteiger partial charge < -0.3 is 14.4 Å². The molecule has 4 aliphatic rings. The minimum Gasteiger partial charge on any atom is -0.410 e. The predicted molar refractivity (Wildman–Crippen MR) is 137 cm³/mol. The summed E-state index contributed by atoms with van der Waals surface area (Å²) in [5.74, 6) is 3.05. The molecule has 0 aromatic heterocycles. The molecule has 5 rings (SSSR count). The molecule has 6 heteroatoms. The highest BCUT2D eigenvalue weighted by molar-refractivity contribution is 7.93. The Kier molecular flexibility index (Phi) is 7.83. The number of carbonyl (C=O) groups excluding carboxylic acids is 1. The fourth-order valence-electron chi connectivity index (χ4n) is 7.92. The largest absolute Gasteiger partial charge is 0.410 e. The standard InChI is InChI=1S/C26H35NO4S.C2H6/c1-25-12-11-18(29)13-17(25)5-8-20-22-9-10-23(30)26(22,2)14-21(24(20)25)16-3-6-19(7-4-16)31-32-27-15-28;1-2/h3-4,6-7,13,20-24,27-28,30H,5,8-12,14-15H2,1-2H3;1-2H3. The van der Waals surface area contributed by atoms with Crippen LogP contribution in [0.2, 0.25) is 0 Å². The lowest BCUT2D eigenvalue weighted by molar-refractivity contribution is -0.118. The van der Waals surface area contributed by atoms with Crippen molar-refractivity contribution in [1.82, 2.24) is 4.72 Å². The van der Waals surface area contributed by atoms with E-state index >= 15 is 0 Å². The Labute approximate surface area is 209 Å². The van der Waals surface area contributed by atoms with Crippen molar-refractivity contribution in [2.75, 3.05) is 6.73 Å². The number of ketones is 1. The van der Waals surface area contributed by atoms with E-state index in [1.54, 1.807) is 0 Å². The van der Waals surface area contributed by atoms with Gasteiger partial charge in [-0.25, -0.2) is 4.72 Å². The van der Waals surface area contributed by atoms with Crippen molar-refractivity contribution in [3.8, 4) is 5.75 Å². The quantitative estimate of drug-likeness (QED) is 0.211. The molecule has 3 fully saturated rings. The molecule has 0 aliphatic heterocycles. The van der Waals surface area contributed by atoms with E-state index in [2.05, 4.69) is 30.7 Å². The zero-order valence-electron chi connectivity index (χ0n) is 21.0. The first kappa shape index (κ1) is 25.7. The summed E-state index contributed by atoms with van der Waals surface area (Å²) >= 11 is 1.02. The molecule has 0 saturated heterocycles. The van der Waals surface area contributed by atoms with Crippen LogP contribution < -0.4 is 8.91 Å². The normalized spacial score (nSPS) is 38.6. The van der Waals surface area contributed by atoms with E-state index < -0.39 is 0 Å². The van der Waals surface area contributed by atoms with Gasteiger partial charge in [-0.15, -0.1) is 0 Å². The Morgan fingerprint density at radius 1 is 1.12 bits per heavy atom. The highest BCUT2D eigenvalue weighted by Crippen LogP contribution is 2.68. The Bertz CT molecular complexity index is 902.